The van der Waals surface area contributed by atoms with Crippen LogP contribution in [0, 0.1) is 6.92 Å². The maximum Gasteiger partial charge on any atom is 0.408 e. The zero-order valence-electron chi connectivity index (χ0n) is 26.5. The standard InChI is InChI=1S/C36H47N3O5/c1-27-18-20-32(42-23-13-12-22-37-28(2)44-36(3,4)5)24-31(27)25-38-34(40)33(21-19-29-14-8-6-9-15-29)39-35(41)43-26-30-16-10-7-11-17-30/h6-11,14-18,20,24,33,37H,2,12-13,19,21-23,25-26H2,1,3-5H3,(H,38,40)(H,39,41)/t33-/m0/s1. The molecular weight excluding hydrogens is 554 g/mol. The van der Waals surface area contributed by atoms with Crippen molar-refractivity contribution in [3.63, 3.8) is 0 Å². The second kappa shape index (κ2) is 17.6. The second-order valence-corrected chi connectivity index (χ2v) is 11.7. The Labute approximate surface area is 262 Å². The van der Waals surface area contributed by atoms with Crippen LogP contribution >= 0.6 is 0 Å². The van der Waals surface area contributed by atoms with Gasteiger partial charge >= 0.3 is 6.09 Å². The lowest BCUT2D eigenvalue weighted by atomic mass is 10.0. The molecule has 0 aliphatic carbocycles. The summed E-state index contributed by atoms with van der Waals surface area (Å²) in [5.74, 6) is 1.05. The van der Waals surface area contributed by atoms with Gasteiger partial charge in [0.15, 0.2) is 5.88 Å². The lowest BCUT2D eigenvalue weighted by Gasteiger charge is -2.23. The van der Waals surface area contributed by atoms with Crippen molar-refractivity contribution in [3.8, 4) is 5.75 Å². The number of hydrogen-bond acceptors (Lipinski definition) is 6. The minimum atomic E-state index is -0.753. The molecule has 0 spiro atoms. The van der Waals surface area contributed by atoms with E-state index in [4.69, 9.17) is 14.2 Å². The fraction of sp³-hybridized carbons (Fsp3) is 0.389. The summed E-state index contributed by atoms with van der Waals surface area (Å²) in [5, 5.41) is 8.95. The molecule has 0 fully saturated rings. The number of ether oxygens (including phenoxy) is 3. The van der Waals surface area contributed by atoms with E-state index in [0.29, 0.717) is 31.9 Å². The van der Waals surface area contributed by atoms with E-state index >= 15 is 0 Å². The Morgan fingerprint density at radius 2 is 1.57 bits per heavy atom. The lowest BCUT2D eigenvalue weighted by Crippen LogP contribution is -2.47. The Morgan fingerprint density at radius 3 is 2.25 bits per heavy atom. The number of aryl methyl sites for hydroxylation is 2. The molecule has 2 amide bonds. The first-order valence-electron chi connectivity index (χ1n) is 15.2. The van der Waals surface area contributed by atoms with Gasteiger partial charge in [0.2, 0.25) is 5.91 Å². The summed E-state index contributed by atoms with van der Waals surface area (Å²) in [4.78, 5) is 25.9. The fourth-order valence-corrected chi connectivity index (χ4v) is 4.42. The highest BCUT2D eigenvalue weighted by Crippen LogP contribution is 2.18. The summed E-state index contributed by atoms with van der Waals surface area (Å²) in [5.41, 5.74) is 3.67. The van der Waals surface area contributed by atoms with Crippen LogP contribution in [0.1, 0.15) is 62.3 Å². The average molecular weight is 602 g/mol. The van der Waals surface area contributed by atoms with Gasteiger partial charge in [0, 0.05) is 13.1 Å². The molecule has 0 bridgehead atoms. The van der Waals surface area contributed by atoms with E-state index < -0.39 is 12.1 Å². The number of amides is 2. The molecule has 0 aliphatic rings. The molecule has 0 aromatic heterocycles. The molecule has 0 heterocycles. The van der Waals surface area contributed by atoms with Crippen LogP contribution < -0.4 is 20.7 Å². The Morgan fingerprint density at radius 1 is 0.886 bits per heavy atom. The minimum Gasteiger partial charge on any atom is -0.494 e. The maximum absolute atomic E-state index is 13.3. The van der Waals surface area contributed by atoms with Gasteiger partial charge in [-0.3, -0.25) is 4.79 Å². The first-order chi connectivity index (χ1) is 21.1. The van der Waals surface area contributed by atoms with Crippen molar-refractivity contribution in [2.75, 3.05) is 13.2 Å². The predicted molar refractivity (Wildman–Crippen MR) is 174 cm³/mol. The molecule has 3 rings (SSSR count). The SMILES string of the molecule is C=C(NCCCCOc1ccc(C)c(CNC(=O)[C@H](CCc2ccccc2)NC(=O)OCc2ccccc2)c1)OC(C)(C)C. The van der Waals surface area contributed by atoms with Gasteiger partial charge in [0.25, 0.3) is 0 Å². The molecule has 8 nitrogen and oxygen atoms in total. The molecule has 3 aromatic rings. The molecule has 0 saturated carbocycles. The number of hydrogen-bond donors (Lipinski definition) is 3. The van der Waals surface area contributed by atoms with Crippen LogP contribution in [-0.2, 0) is 33.8 Å². The number of rotatable bonds is 17. The van der Waals surface area contributed by atoms with E-state index in [0.717, 1.165) is 47.4 Å². The van der Waals surface area contributed by atoms with Gasteiger partial charge in [0.05, 0.1) is 6.61 Å². The Kier molecular flexibility index (Phi) is 13.6. The molecule has 3 aromatic carbocycles. The third kappa shape index (κ3) is 13.2. The molecule has 0 radical (unpaired) electrons. The van der Waals surface area contributed by atoms with Gasteiger partial charge in [-0.15, -0.1) is 0 Å². The Hall–Kier alpha value is -4.46. The zero-order chi connectivity index (χ0) is 31.8. The van der Waals surface area contributed by atoms with Crippen molar-refractivity contribution in [1.82, 2.24) is 16.0 Å². The minimum absolute atomic E-state index is 0.128. The number of benzene rings is 3. The van der Waals surface area contributed by atoms with E-state index in [1.807, 2.05) is 107 Å². The summed E-state index contributed by atoms with van der Waals surface area (Å²) in [6.07, 6.45) is 2.21. The van der Waals surface area contributed by atoms with Crippen LogP contribution in [0.4, 0.5) is 4.79 Å². The first kappa shape index (κ1) is 34.0. The van der Waals surface area contributed by atoms with Gasteiger partial charge in [-0.05, 0) is 94.3 Å². The highest BCUT2D eigenvalue weighted by molar-refractivity contribution is 5.85. The van der Waals surface area contributed by atoms with E-state index in [9.17, 15) is 9.59 Å². The van der Waals surface area contributed by atoms with Crippen molar-refractivity contribution in [1.29, 1.82) is 0 Å². The summed E-state index contributed by atoms with van der Waals surface area (Å²) in [6, 6.07) is 24.4. The van der Waals surface area contributed by atoms with Crippen LogP contribution in [0.2, 0.25) is 0 Å². The summed E-state index contributed by atoms with van der Waals surface area (Å²) < 4.78 is 17.0. The van der Waals surface area contributed by atoms with Crippen molar-refractivity contribution >= 4 is 12.0 Å². The lowest BCUT2D eigenvalue weighted by molar-refractivity contribution is -0.123. The molecule has 0 saturated heterocycles. The van der Waals surface area contributed by atoms with Crippen LogP contribution in [0.3, 0.4) is 0 Å². The predicted octanol–water partition coefficient (Wildman–Crippen LogP) is 6.57. The van der Waals surface area contributed by atoms with Crippen LogP contribution in [0.5, 0.6) is 5.75 Å². The van der Waals surface area contributed by atoms with Crippen molar-refractivity contribution in [3.05, 3.63) is 114 Å². The Bertz CT molecular complexity index is 1320. The van der Waals surface area contributed by atoms with E-state index in [-0.39, 0.29) is 18.1 Å². The summed E-state index contributed by atoms with van der Waals surface area (Å²) in [7, 11) is 0. The van der Waals surface area contributed by atoms with Crippen molar-refractivity contribution in [2.24, 2.45) is 0 Å². The molecule has 3 N–H and O–H groups in total. The smallest absolute Gasteiger partial charge is 0.408 e. The van der Waals surface area contributed by atoms with Crippen molar-refractivity contribution in [2.45, 2.75) is 78.2 Å². The monoisotopic (exact) mass is 601 g/mol. The zero-order valence-corrected chi connectivity index (χ0v) is 26.5. The molecule has 8 heteroatoms. The molecule has 0 aliphatic heterocycles. The largest absolute Gasteiger partial charge is 0.494 e. The number of carbonyl (C=O) groups is 2. The quantitative estimate of drug-likeness (QED) is 0.120. The third-order valence-corrected chi connectivity index (χ3v) is 6.75. The number of unbranched alkanes of at least 4 members (excludes halogenated alkanes) is 1. The normalized spacial score (nSPS) is 11.6. The molecule has 0 unspecified atom stereocenters. The van der Waals surface area contributed by atoms with Crippen LogP contribution in [-0.4, -0.2) is 36.8 Å². The van der Waals surface area contributed by atoms with Crippen molar-refractivity contribution < 1.29 is 23.8 Å². The highest BCUT2D eigenvalue weighted by Gasteiger charge is 2.22. The topological polar surface area (TPSA) is 97.9 Å². The molecule has 236 valence electrons. The van der Waals surface area contributed by atoms with Crippen LogP contribution in [0.15, 0.2) is 91.3 Å². The first-order valence-corrected chi connectivity index (χ1v) is 15.2. The van der Waals surface area contributed by atoms with E-state index in [1.165, 1.54) is 0 Å². The molecule has 44 heavy (non-hydrogen) atoms. The maximum atomic E-state index is 13.3. The fourth-order valence-electron chi connectivity index (χ4n) is 4.42. The van der Waals surface area contributed by atoms with Gasteiger partial charge < -0.3 is 30.2 Å². The highest BCUT2D eigenvalue weighted by atomic mass is 16.5. The van der Waals surface area contributed by atoms with Gasteiger partial charge in [-0.1, -0.05) is 66.7 Å². The summed E-state index contributed by atoms with van der Waals surface area (Å²) in [6.45, 7) is 13.6. The second-order valence-electron chi connectivity index (χ2n) is 11.7. The number of carbonyl (C=O) groups excluding carboxylic acids is 2. The number of alkyl carbamates (subject to hydrolysis) is 1. The van der Waals surface area contributed by atoms with Crippen LogP contribution in [0.25, 0.3) is 0 Å². The molecule has 1 atom stereocenters. The number of nitrogens with one attached hydrogen (secondary N) is 3. The van der Waals surface area contributed by atoms with E-state index in [1.54, 1.807) is 0 Å². The average Bonchev–Trinajstić information content (AvgIpc) is 3.00. The van der Waals surface area contributed by atoms with Gasteiger partial charge in [-0.2, -0.15) is 0 Å². The summed E-state index contributed by atoms with van der Waals surface area (Å²) >= 11 is 0. The van der Waals surface area contributed by atoms with Gasteiger partial charge in [0.1, 0.15) is 24.0 Å². The Balaban J connectivity index is 1.50. The molecular formula is C36H47N3O5. The third-order valence-electron chi connectivity index (χ3n) is 6.75. The van der Waals surface area contributed by atoms with Gasteiger partial charge in [-0.25, -0.2) is 4.79 Å². The van der Waals surface area contributed by atoms with E-state index in [2.05, 4.69) is 22.5 Å².